The zero-order valence-corrected chi connectivity index (χ0v) is 12.6. The minimum absolute atomic E-state index is 0.0301. The van der Waals surface area contributed by atoms with E-state index in [0.29, 0.717) is 0 Å². The molecule has 1 fully saturated rings. The molecule has 110 valence electrons. The summed E-state index contributed by atoms with van der Waals surface area (Å²) in [6.45, 7) is -0.0301. The van der Waals surface area contributed by atoms with Gasteiger partial charge in [0.15, 0.2) is 0 Å². The SMILES string of the molecule is O=C(CNc1c(F)cc(F)cc1Br)NC1CCCCC1. The number of amides is 1. The number of halogens is 3. The van der Waals surface area contributed by atoms with Crippen LogP contribution in [0.5, 0.6) is 0 Å². The summed E-state index contributed by atoms with van der Waals surface area (Å²) in [5.74, 6) is -1.55. The number of benzene rings is 1. The third-order valence-corrected chi connectivity index (χ3v) is 4.03. The summed E-state index contributed by atoms with van der Waals surface area (Å²) in [5, 5.41) is 5.62. The second-order valence-corrected chi connectivity index (χ2v) is 5.85. The normalized spacial score (nSPS) is 15.9. The standard InChI is InChI=1S/C14H17BrF2N2O/c15-11-6-9(16)7-12(17)14(11)18-8-13(20)19-10-4-2-1-3-5-10/h6-7,10,18H,1-5,8H2,(H,19,20). The molecule has 20 heavy (non-hydrogen) atoms. The van der Waals surface area contributed by atoms with Crippen LogP contribution in [0.3, 0.4) is 0 Å². The van der Waals surface area contributed by atoms with Gasteiger partial charge in [0.05, 0.1) is 12.2 Å². The molecule has 6 heteroatoms. The van der Waals surface area contributed by atoms with Gasteiger partial charge >= 0.3 is 0 Å². The lowest BCUT2D eigenvalue weighted by Gasteiger charge is -2.23. The van der Waals surface area contributed by atoms with E-state index in [1.807, 2.05) is 0 Å². The van der Waals surface area contributed by atoms with E-state index in [4.69, 9.17) is 0 Å². The van der Waals surface area contributed by atoms with Crippen molar-refractivity contribution in [2.24, 2.45) is 0 Å². The molecule has 0 unspecified atom stereocenters. The number of rotatable bonds is 4. The highest BCUT2D eigenvalue weighted by Gasteiger charge is 2.16. The van der Waals surface area contributed by atoms with Crippen molar-refractivity contribution in [3.05, 3.63) is 28.2 Å². The van der Waals surface area contributed by atoms with Crippen LogP contribution in [-0.4, -0.2) is 18.5 Å². The lowest BCUT2D eigenvalue weighted by molar-refractivity contribution is -0.120. The molecular formula is C14H17BrF2N2O. The second kappa shape index (κ2) is 7.02. The van der Waals surface area contributed by atoms with Gasteiger partial charge in [-0.3, -0.25) is 4.79 Å². The second-order valence-electron chi connectivity index (χ2n) is 5.00. The van der Waals surface area contributed by atoms with Crippen molar-refractivity contribution in [1.82, 2.24) is 5.32 Å². The van der Waals surface area contributed by atoms with Crippen molar-refractivity contribution >= 4 is 27.5 Å². The van der Waals surface area contributed by atoms with Gasteiger partial charge in [0.1, 0.15) is 11.6 Å². The molecule has 0 bridgehead atoms. The van der Waals surface area contributed by atoms with Gasteiger partial charge in [-0.1, -0.05) is 19.3 Å². The van der Waals surface area contributed by atoms with Crippen LogP contribution in [0.4, 0.5) is 14.5 Å². The quantitative estimate of drug-likeness (QED) is 0.874. The van der Waals surface area contributed by atoms with Crippen molar-refractivity contribution in [2.75, 3.05) is 11.9 Å². The monoisotopic (exact) mass is 346 g/mol. The highest BCUT2D eigenvalue weighted by molar-refractivity contribution is 9.10. The van der Waals surface area contributed by atoms with Crippen molar-refractivity contribution in [3.63, 3.8) is 0 Å². The highest BCUT2D eigenvalue weighted by atomic mass is 79.9. The first-order valence-electron chi connectivity index (χ1n) is 6.74. The average molecular weight is 347 g/mol. The summed E-state index contributed by atoms with van der Waals surface area (Å²) in [6, 6.07) is 2.16. The summed E-state index contributed by atoms with van der Waals surface area (Å²) in [4.78, 5) is 11.8. The molecule has 0 atom stereocenters. The number of carbonyl (C=O) groups is 1. The van der Waals surface area contributed by atoms with Crippen LogP contribution in [0.25, 0.3) is 0 Å². The Bertz CT molecular complexity index is 467. The third kappa shape index (κ3) is 4.16. The number of anilines is 1. The molecule has 2 N–H and O–H groups in total. The fraction of sp³-hybridized carbons (Fsp3) is 0.500. The van der Waals surface area contributed by atoms with Gasteiger partial charge in [0, 0.05) is 16.6 Å². The van der Waals surface area contributed by atoms with Crippen LogP contribution in [0.15, 0.2) is 16.6 Å². The highest BCUT2D eigenvalue weighted by Crippen LogP contribution is 2.26. The molecule has 0 spiro atoms. The van der Waals surface area contributed by atoms with Crippen LogP contribution < -0.4 is 10.6 Å². The Balaban J connectivity index is 1.87. The van der Waals surface area contributed by atoms with Crippen molar-refractivity contribution in [3.8, 4) is 0 Å². The number of hydrogen-bond donors (Lipinski definition) is 2. The van der Waals surface area contributed by atoms with Crippen LogP contribution in [0.1, 0.15) is 32.1 Å². The molecule has 0 aromatic heterocycles. The van der Waals surface area contributed by atoms with Gasteiger partial charge < -0.3 is 10.6 Å². The molecule has 0 radical (unpaired) electrons. The Morgan fingerprint density at radius 2 is 1.95 bits per heavy atom. The van der Waals surface area contributed by atoms with Crippen molar-refractivity contribution in [2.45, 2.75) is 38.1 Å². The maximum Gasteiger partial charge on any atom is 0.239 e. The van der Waals surface area contributed by atoms with Gasteiger partial charge in [-0.15, -0.1) is 0 Å². The number of nitrogens with one attached hydrogen (secondary N) is 2. The lowest BCUT2D eigenvalue weighted by atomic mass is 9.95. The molecule has 3 nitrogen and oxygen atoms in total. The smallest absolute Gasteiger partial charge is 0.239 e. The summed E-state index contributed by atoms with van der Waals surface area (Å²) in [5.41, 5.74) is 0.102. The molecule has 1 aromatic carbocycles. The minimum Gasteiger partial charge on any atom is -0.373 e. The minimum atomic E-state index is -0.720. The van der Waals surface area contributed by atoms with Crippen LogP contribution in [0.2, 0.25) is 0 Å². The Morgan fingerprint density at radius 3 is 2.60 bits per heavy atom. The first-order chi connectivity index (χ1) is 9.56. The Hall–Kier alpha value is -1.17. The molecule has 2 rings (SSSR count). The van der Waals surface area contributed by atoms with E-state index in [-0.39, 0.29) is 28.7 Å². The summed E-state index contributed by atoms with van der Waals surface area (Å²) < 4.78 is 26.8. The molecule has 0 saturated heterocycles. The molecule has 1 amide bonds. The molecule has 0 aliphatic heterocycles. The predicted octanol–water partition coefficient (Wildman–Crippen LogP) is 3.59. The molecule has 0 heterocycles. The van der Waals surface area contributed by atoms with Crippen molar-refractivity contribution in [1.29, 1.82) is 0 Å². The van der Waals surface area contributed by atoms with Gasteiger partial charge in [0.25, 0.3) is 0 Å². The summed E-state index contributed by atoms with van der Waals surface area (Å²) in [6.07, 6.45) is 5.49. The van der Waals surface area contributed by atoms with E-state index < -0.39 is 11.6 Å². The van der Waals surface area contributed by atoms with Gasteiger partial charge in [-0.25, -0.2) is 8.78 Å². The van der Waals surface area contributed by atoms with E-state index in [0.717, 1.165) is 37.8 Å². The van der Waals surface area contributed by atoms with Crippen LogP contribution >= 0.6 is 15.9 Å². The molecule has 1 saturated carbocycles. The van der Waals surface area contributed by atoms with Gasteiger partial charge in [-0.2, -0.15) is 0 Å². The molecule has 1 aromatic rings. The van der Waals surface area contributed by atoms with Crippen molar-refractivity contribution < 1.29 is 13.6 Å². The van der Waals surface area contributed by atoms with E-state index in [2.05, 4.69) is 26.6 Å². The number of hydrogen-bond acceptors (Lipinski definition) is 2. The molecule has 1 aliphatic rings. The van der Waals surface area contributed by atoms with E-state index in [9.17, 15) is 13.6 Å². The van der Waals surface area contributed by atoms with E-state index in [1.165, 1.54) is 6.42 Å². The fourth-order valence-corrected chi connectivity index (χ4v) is 2.95. The largest absolute Gasteiger partial charge is 0.373 e. The summed E-state index contributed by atoms with van der Waals surface area (Å²) in [7, 11) is 0. The predicted molar refractivity (Wildman–Crippen MR) is 77.6 cm³/mol. The Morgan fingerprint density at radius 1 is 1.25 bits per heavy atom. The molecular weight excluding hydrogens is 330 g/mol. The zero-order chi connectivity index (χ0) is 14.5. The van der Waals surface area contributed by atoms with Gasteiger partial charge in [-0.05, 0) is 34.8 Å². The fourth-order valence-electron chi connectivity index (χ4n) is 2.41. The zero-order valence-electron chi connectivity index (χ0n) is 11.0. The van der Waals surface area contributed by atoms with E-state index >= 15 is 0 Å². The Labute approximate surface area is 125 Å². The first-order valence-corrected chi connectivity index (χ1v) is 7.53. The Kier molecular flexibility index (Phi) is 5.34. The first kappa shape index (κ1) is 15.2. The number of carbonyl (C=O) groups excluding carboxylic acids is 1. The van der Waals surface area contributed by atoms with E-state index in [1.54, 1.807) is 0 Å². The van der Waals surface area contributed by atoms with Crippen LogP contribution in [0, 0.1) is 11.6 Å². The van der Waals surface area contributed by atoms with Gasteiger partial charge in [0.2, 0.25) is 5.91 Å². The average Bonchev–Trinajstić information content (AvgIpc) is 2.38. The molecule has 1 aliphatic carbocycles. The maximum absolute atomic E-state index is 13.6. The topological polar surface area (TPSA) is 41.1 Å². The summed E-state index contributed by atoms with van der Waals surface area (Å²) >= 11 is 3.07. The van der Waals surface area contributed by atoms with Crippen LogP contribution in [-0.2, 0) is 4.79 Å². The maximum atomic E-state index is 13.6. The lowest BCUT2D eigenvalue weighted by Crippen LogP contribution is -2.39. The third-order valence-electron chi connectivity index (χ3n) is 3.40.